The van der Waals surface area contributed by atoms with Crippen LogP contribution in [0.15, 0.2) is 23.7 Å². The van der Waals surface area contributed by atoms with Gasteiger partial charge in [-0.25, -0.2) is 9.97 Å². The highest BCUT2D eigenvalue weighted by Crippen LogP contribution is 2.11. The van der Waals surface area contributed by atoms with Crippen molar-refractivity contribution < 1.29 is 4.79 Å². The van der Waals surface area contributed by atoms with Crippen LogP contribution in [0.5, 0.6) is 0 Å². The van der Waals surface area contributed by atoms with Crippen LogP contribution in [0.3, 0.4) is 0 Å². The summed E-state index contributed by atoms with van der Waals surface area (Å²) in [6, 6.07) is 5.11. The van der Waals surface area contributed by atoms with Crippen LogP contribution in [0.1, 0.15) is 26.8 Å². The van der Waals surface area contributed by atoms with Crippen molar-refractivity contribution in [3.05, 3.63) is 45.7 Å². The van der Waals surface area contributed by atoms with Gasteiger partial charge in [0, 0.05) is 18.6 Å². The molecule has 0 aromatic carbocycles. The largest absolute Gasteiger partial charge is 0.334 e. The number of amides is 1. The third-order valence-electron chi connectivity index (χ3n) is 2.52. The Bertz CT molecular complexity index is 627. The summed E-state index contributed by atoms with van der Waals surface area (Å²) in [5.41, 5.74) is 1.63. The van der Waals surface area contributed by atoms with Crippen LogP contribution in [-0.4, -0.2) is 27.8 Å². The number of aromatic nitrogens is 2. The molecule has 0 spiro atoms. The van der Waals surface area contributed by atoms with Gasteiger partial charge in [-0.15, -0.1) is 11.3 Å². The number of carbonyl (C=O) groups excluding carboxylic acids is 1. The van der Waals surface area contributed by atoms with E-state index in [0.717, 1.165) is 10.7 Å². The lowest BCUT2D eigenvalue weighted by molar-refractivity contribution is 0.0778. The fraction of sp³-hybridized carbons (Fsp3) is 0.231. The lowest BCUT2D eigenvalue weighted by Crippen LogP contribution is -2.27. The van der Waals surface area contributed by atoms with E-state index in [1.54, 1.807) is 35.4 Å². The molecular formula is C13H12N4OS. The van der Waals surface area contributed by atoms with Crippen LogP contribution >= 0.6 is 11.3 Å². The molecule has 2 rings (SSSR count). The van der Waals surface area contributed by atoms with Gasteiger partial charge >= 0.3 is 0 Å². The molecule has 0 aliphatic carbocycles. The Morgan fingerprint density at radius 2 is 2.32 bits per heavy atom. The van der Waals surface area contributed by atoms with Crippen molar-refractivity contribution in [1.29, 1.82) is 5.26 Å². The highest BCUT2D eigenvalue weighted by Gasteiger charge is 2.14. The van der Waals surface area contributed by atoms with Crippen LogP contribution in [-0.2, 0) is 6.54 Å². The van der Waals surface area contributed by atoms with Gasteiger partial charge in [-0.3, -0.25) is 4.79 Å². The summed E-state index contributed by atoms with van der Waals surface area (Å²) in [5, 5.41) is 11.6. The predicted molar refractivity (Wildman–Crippen MR) is 71.6 cm³/mol. The SMILES string of the molecule is Cc1nc(CN(C)C(=O)c2ccc(C#N)cn2)cs1. The van der Waals surface area contributed by atoms with Gasteiger partial charge in [0.05, 0.1) is 22.8 Å². The maximum atomic E-state index is 12.1. The Hall–Kier alpha value is -2.26. The third kappa shape index (κ3) is 3.14. The number of hydrogen-bond acceptors (Lipinski definition) is 5. The Kier molecular flexibility index (Phi) is 3.88. The Morgan fingerprint density at radius 1 is 1.53 bits per heavy atom. The summed E-state index contributed by atoms with van der Waals surface area (Å²) in [4.78, 5) is 22.0. The van der Waals surface area contributed by atoms with E-state index in [1.165, 1.54) is 6.20 Å². The molecule has 0 radical (unpaired) electrons. The Labute approximate surface area is 115 Å². The van der Waals surface area contributed by atoms with Crippen LogP contribution in [0, 0.1) is 18.3 Å². The van der Waals surface area contributed by atoms with E-state index < -0.39 is 0 Å². The second-order valence-electron chi connectivity index (χ2n) is 4.06. The molecule has 6 heteroatoms. The second kappa shape index (κ2) is 5.59. The van der Waals surface area contributed by atoms with Gasteiger partial charge in [0.25, 0.3) is 5.91 Å². The van der Waals surface area contributed by atoms with Gasteiger partial charge in [-0.05, 0) is 19.1 Å². The molecule has 0 unspecified atom stereocenters. The molecule has 0 atom stereocenters. The normalized spacial score (nSPS) is 9.95. The number of thiazole rings is 1. The minimum atomic E-state index is -0.185. The second-order valence-corrected chi connectivity index (χ2v) is 5.13. The fourth-order valence-corrected chi connectivity index (χ4v) is 2.18. The van der Waals surface area contributed by atoms with E-state index in [2.05, 4.69) is 9.97 Å². The molecular weight excluding hydrogens is 260 g/mol. The quantitative estimate of drug-likeness (QED) is 0.856. The van der Waals surface area contributed by atoms with E-state index in [9.17, 15) is 4.79 Å². The standard InChI is InChI=1S/C13H12N4OS/c1-9-16-11(8-19-9)7-17(2)13(18)12-4-3-10(5-14)6-15-12/h3-4,6,8H,7H2,1-2H3. The van der Waals surface area contributed by atoms with Gasteiger partial charge in [0.15, 0.2) is 0 Å². The molecule has 0 fully saturated rings. The topological polar surface area (TPSA) is 69.9 Å². The van der Waals surface area contributed by atoms with E-state index >= 15 is 0 Å². The van der Waals surface area contributed by atoms with Crippen LogP contribution in [0.25, 0.3) is 0 Å². The van der Waals surface area contributed by atoms with Gasteiger partial charge in [-0.2, -0.15) is 5.26 Å². The molecule has 0 saturated carbocycles. The van der Waals surface area contributed by atoms with Crippen LogP contribution in [0.4, 0.5) is 0 Å². The molecule has 1 amide bonds. The Balaban J connectivity index is 2.08. The minimum Gasteiger partial charge on any atom is -0.334 e. The zero-order chi connectivity index (χ0) is 13.8. The van der Waals surface area contributed by atoms with Crippen molar-refractivity contribution in [2.24, 2.45) is 0 Å². The van der Waals surface area contributed by atoms with Crippen molar-refractivity contribution in [2.45, 2.75) is 13.5 Å². The molecule has 96 valence electrons. The number of carbonyl (C=O) groups is 1. The lowest BCUT2D eigenvalue weighted by Gasteiger charge is -2.15. The molecule has 0 aliphatic rings. The third-order valence-corrected chi connectivity index (χ3v) is 3.35. The monoisotopic (exact) mass is 272 g/mol. The van der Waals surface area contributed by atoms with Crippen molar-refractivity contribution in [3.8, 4) is 6.07 Å². The fourth-order valence-electron chi connectivity index (χ4n) is 1.58. The van der Waals surface area contributed by atoms with Gasteiger partial charge in [0.1, 0.15) is 11.8 Å². The average molecular weight is 272 g/mol. The molecule has 5 nitrogen and oxygen atoms in total. The summed E-state index contributed by atoms with van der Waals surface area (Å²) in [7, 11) is 1.71. The van der Waals surface area contributed by atoms with Crippen LogP contribution < -0.4 is 0 Å². The first kappa shape index (κ1) is 13.2. The molecule has 2 aromatic heterocycles. The van der Waals surface area contributed by atoms with Gasteiger partial charge < -0.3 is 4.90 Å². The molecule has 2 aromatic rings. The number of rotatable bonds is 3. The van der Waals surface area contributed by atoms with Gasteiger partial charge in [0.2, 0.25) is 0 Å². The van der Waals surface area contributed by atoms with Crippen molar-refractivity contribution in [3.63, 3.8) is 0 Å². The number of nitrogens with zero attached hydrogens (tertiary/aromatic N) is 4. The zero-order valence-corrected chi connectivity index (χ0v) is 11.4. The zero-order valence-electron chi connectivity index (χ0n) is 10.6. The van der Waals surface area contributed by atoms with Crippen molar-refractivity contribution in [1.82, 2.24) is 14.9 Å². The number of aryl methyl sites for hydroxylation is 1. The first-order valence-corrected chi connectivity index (χ1v) is 6.50. The van der Waals surface area contributed by atoms with Crippen LogP contribution in [0.2, 0.25) is 0 Å². The summed E-state index contributed by atoms with van der Waals surface area (Å²) in [6.45, 7) is 2.38. The minimum absolute atomic E-state index is 0.185. The smallest absolute Gasteiger partial charge is 0.272 e. The Morgan fingerprint density at radius 3 is 2.84 bits per heavy atom. The number of nitriles is 1. The summed E-state index contributed by atoms with van der Waals surface area (Å²) in [6.07, 6.45) is 1.40. The molecule has 2 heterocycles. The molecule has 0 N–H and O–H groups in total. The number of hydrogen-bond donors (Lipinski definition) is 0. The highest BCUT2D eigenvalue weighted by molar-refractivity contribution is 7.09. The molecule has 0 bridgehead atoms. The first-order valence-electron chi connectivity index (χ1n) is 5.63. The first-order chi connectivity index (χ1) is 9.10. The van der Waals surface area contributed by atoms with E-state index in [-0.39, 0.29) is 5.91 Å². The highest BCUT2D eigenvalue weighted by atomic mass is 32.1. The maximum absolute atomic E-state index is 12.1. The lowest BCUT2D eigenvalue weighted by atomic mass is 10.2. The van der Waals surface area contributed by atoms with E-state index in [1.807, 2.05) is 18.4 Å². The average Bonchev–Trinajstić information content (AvgIpc) is 2.83. The van der Waals surface area contributed by atoms with E-state index in [0.29, 0.717) is 17.8 Å². The molecule has 0 aliphatic heterocycles. The van der Waals surface area contributed by atoms with Crippen molar-refractivity contribution in [2.75, 3.05) is 7.05 Å². The maximum Gasteiger partial charge on any atom is 0.272 e. The summed E-state index contributed by atoms with van der Waals surface area (Å²) in [5.74, 6) is -0.185. The molecule has 19 heavy (non-hydrogen) atoms. The predicted octanol–water partition coefficient (Wildman–Crippen LogP) is 1.99. The summed E-state index contributed by atoms with van der Waals surface area (Å²) >= 11 is 1.56. The number of pyridine rings is 1. The van der Waals surface area contributed by atoms with Crippen molar-refractivity contribution >= 4 is 17.2 Å². The van der Waals surface area contributed by atoms with E-state index in [4.69, 9.17) is 5.26 Å². The van der Waals surface area contributed by atoms with Gasteiger partial charge in [-0.1, -0.05) is 0 Å². The molecule has 0 saturated heterocycles. The summed E-state index contributed by atoms with van der Waals surface area (Å²) < 4.78 is 0.